The zero-order valence-corrected chi connectivity index (χ0v) is 16.6. The number of allylic oxidation sites excluding steroid dienone is 2. The Kier molecular flexibility index (Phi) is 7.03. The van der Waals surface area contributed by atoms with Gasteiger partial charge in [-0.2, -0.15) is 0 Å². The number of aliphatic hydroxyl groups excluding tert-OH is 1. The van der Waals surface area contributed by atoms with Crippen LogP contribution >= 0.6 is 0 Å². The summed E-state index contributed by atoms with van der Waals surface area (Å²) in [6, 6.07) is 16.4. The molecule has 0 heterocycles. The van der Waals surface area contributed by atoms with Crippen molar-refractivity contribution in [3.63, 3.8) is 0 Å². The van der Waals surface area contributed by atoms with Gasteiger partial charge in [-0.1, -0.05) is 36.4 Å². The minimum atomic E-state index is -0.794. The normalized spacial score (nSPS) is 17.8. The van der Waals surface area contributed by atoms with Gasteiger partial charge in [-0.3, -0.25) is 4.79 Å². The molecule has 1 atom stereocenters. The zero-order valence-electron chi connectivity index (χ0n) is 16.6. The Labute approximate surface area is 175 Å². The molecule has 156 valence electrons. The number of hydrogen-bond acceptors (Lipinski definition) is 5. The minimum Gasteiger partial charge on any atom is -0.491 e. The predicted octanol–water partition coefficient (Wildman–Crippen LogP) is 3.16. The van der Waals surface area contributed by atoms with Crippen LogP contribution in [-0.2, 0) is 16.0 Å². The summed E-state index contributed by atoms with van der Waals surface area (Å²) in [6.07, 6.45) is 6.79. The molecule has 6 heteroatoms. The first kappa shape index (κ1) is 21.3. The van der Waals surface area contributed by atoms with Crippen LogP contribution in [0.2, 0.25) is 0 Å². The SMILES string of the molecule is NC(=O)[C@@]1(CCc2ccccc2)C=CC(OC(=O)c2ccc(OCCO)cc2)=CC1. The number of benzene rings is 2. The third-order valence-corrected chi connectivity index (χ3v) is 5.09. The molecular weight excluding hydrogens is 382 g/mol. The lowest BCUT2D eigenvalue weighted by Crippen LogP contribution is -2.36. The first-order chi connectivity index (χ1) is 14.5. The molecular formula is C24H25NO5. The van der Waals surface area contributed by atoms with E-state index in [1.165, 1.54) is 0 Å². The monoisotopic (exact) mass is 407 g/mol. The van der Waals surface area contributed by atoms with Gasteiger partial charge >= 0.3 is 5.97 Å². The first-order valence-electron chi connectivity index (χ1n) is 9.81. The highest BCUT2D eigenvalue weighted by atomic mass is 16.5. The topological polar surface area (TPSA) is 98.9 Å². The maximum Gasteiger partial charge on any atom is 0.343 e. The van der Waals surface area contributed by atoms with Crippen LogP contribution in [0, 0.1) is 5.41 Å². The van der Waals surface area contributed by atoms with Gasteiger partial charge in [0.15, 0.2) is 0 Å². The van der Waals surface area contributed by atoms with E-state index >= 15 is 0 Å². The number of primary amides is 1. The summed E-state index contributed by atoms with van der Waals surface area (Å²) in [7, 11) is 0. The van der Waals surface area contributed by atoms with Crippen LogP contribution < -0.4 is 10.5 Å². The van der Waals surface area contributed by atoms with Crippen LogP contribution in [0.5, 0.6) is 5.75 Å². The summed E-state index contributed by atoms with van der Waals surface area (Å²) < 4.78 is 10.7. The van der Waals surface area contributed by atoms with E-state index in [-0.39, 0.29) is 13.2 Å². The van der Waals surface area contributed by atoms with Gasteiger partial charge in [0, 0.05) is 0 Å². The van der Waals surface area contributed by atoms with Crippen molar-refractivity contribution in [2.24, 2.45) is 11.1 Å². The van der Waals surface area contributed by atoms with Crippen molar-refractivity contribution in [2.45, 2.75) is 19.3 Å². The zero-order chi connectivity index (χ0) is 21.4. The van der Waals surface area contributed by atoms with Crippen molar-refractivity contribution in [2.75, 3.05) is 13.2 Å². The van der Waals surface area contributed by atoms with Gasteiger partial charge in [-0.15, -0.1) is 0 Å². The molecule has 0 aliphatic heterocycles. The van der Waals surface area contributed by atoms with Gasteiger partial charge in [-0.05, 0) is 61.2 Å². The molecule has 1 amide bonds. The van der Waals surface area contributed by atoms with Crippen LogP contribution in [0.15, 0.2) is 78.6 Å². The third-order valence-electron chi connectivity index (χ3n) is 5.09. The predicted molar refractivity (Wildman–Crippen MR) is 113 cm³/mol. The largest absolute Gasteiger partial charge is 0.491 e. The smallest absolute Gasteiger partial charge is 0.343 e. The third kappa shape index (κ3) is 5.36. The molecule has 0 unspecified atom stereocenters. The molecule has 0 spiro atoms. The number of aryl methyl sites for hydroxylation is 1. The van der Waals surface area contributed by atoms with E-state index in [4.69, 9.17) is 20.3 Å². The van der Waals surface area contributed by atoms with E-state index in [9.17, 15) is 9.59 Å². The highest BCUT2D eigenvalue weighted by molar-refractivity contribution is 5.90. The molecule has 0 saturated carbocycles. The maximum atomic E-state index is 12.4. The van der Waals surface area contributed by atoms with Crippen molar-refractivity contribution in [3.8, 4) is 5.75 Å². The molecule has 1 aliphatic rings. The van der Waals surface area contributed by atoms with Crippen LogP contribution in [0.4, 0.5) is 0 Å². The molecule has 1 aliphatic carbocycles. The van der Waals surface area contributed by atoms with E-state index < -0.39 is 17.3 Å². The summed E-state index contributed by atoms with van der Waals surface area (Å²) in [6.45, 7) is 0.107. The summed E-state index contributed by atoms with van der Waals surface area (Å²) >= 11 is 0. The number of carbonyl (C=O) groups is 2. The number of rotatable bonds is 9. The number of amides is 1. The van der Waals surface area contributed by atoms with Crippen LogP contribution in [0.3, 0.4) is 0 Å². The fourth-order valence-corrected chi connectivity index (χ4v) is 3.26. The highest BCUT2D eigenvalue weighted by Gasteiger charge is 2.34. The minimum absolute atomic E-state index is 0.0809. The lowest BCUT2D eigenvalue weighted by atomic mass is 9.76. The van der Waals surface area contributed by atoms with Crippen molar-refractivity contribution >= 4 is 11.9 Å². The van der Waals surface area contributed by atoms with E-state index in [0.717, 1.165) is 12.0 Å². The summed E-state index contributed by atoms with van der Waals surface area (Å²) in [4.78, 5) is 24.5. The Bertz CT molecular complexity index is 934. The van der Waals surface area contributed by atoms with E-state index in [0.29, 0.717) is 29.9 Å². The van der Waals surface area contributed by atoms with Gasteiger partial charge in [0.05, 0.1) is 17.6 Å². The highest BCUT2D eigenvalue weighted by Crippen LogP contribution is 2.35. The molecule has 2 aromatic carbocycles. The standard InChI is InChI=1S/C24H25NO5/c25-23(28)24(13-10-18-4-2-1-3-5-18)14-11-21(12-15-24)30-22(27)19-6-8-20(9-7-19)29-17-16-26/h1-9,11-12,14,26H,10,13,15-17H2,(H2,25,28)/t24-/m0/s1. The average molecular weight is 407 g/mol. The Morgan fingerprint density at radius 3 is 2.40 bits per heavy atom. The number of aliphatic hydroxyl groups is 1. The van der Waals surface area contributed by atoms with Gasteiger partial charge in [0.2, 0.25) is 5.91 Å². The van der Waals surface area contributed by atoms with Crippen LogP contribution in [-0.4, -0.2) is 30.2 Å². The number of carbonyl (C=O) groups excluding carboxylic acids is 2. The van der Waals surface area contributed by atoms with Crippen molar-refractivity contribution < 1.29 is 24.2 Å². The molecule has 2 aromatic rings. The lowest BCUT2D eigenvalue weighted by molar-refractivity contribution is -0.125. The van der Waals surface area contributed by atoms with E-state index in [2.05, 4.69) is 0 Å². The molecule has 0 fully saturated rings. The van der Waals surface area contributed by atoms with Crippen molar-refractivity contribution in [1.29, 1.82) is 0 Å². The molecule has 3 rings (SSSR count). The molecule has 6 nitrogen and oxygen atoms in total. The summed E-state index contributed by atoms with van der Waals surface area (Å²) in [5.74, 6) is 0.0458. The number of hydrogen-bond donors (Lipinski definition) is 2. The number of ether oxygens (including phenoxy) is 2. The first-order valence-corrected chi connectivity index (χ1v) is 9.81. The van der Waals surface area contributed by atoms with Crippen molar-refractivity contribution in [3.05, 3.63) is 89.7 Å². The Hall–Kier alpha value is -3.38. The molecule has 0 aromatic heterocycles. The average Bonchev–Trinajstić information content (AvgIpc) is 2.78. The second kappa shape index (κ2) is 9.89. The number of nitrogens with two attached hydrogens (primary N) is 1. The number of esters is 1. The Morgan fingerprint density at radius 2 is 1.80 bits per heavy atom. The van der Waals surface area contributed by atoms with Gasteiger partial charge in [-0.25, -0.2) is 4.79 Å². The lowest BCUT2D eigenvalue weighted by Gasteiger charge is -2.29. The quantitative estimate of drug-likeness (QED) is 0.622. The summed E-state index contributed by atoms with van der Waals surface area (Å²) in [5, 5.41) is 8.77. The van der Waals surface area contributed by atoms with Gasteiger partial charge < -0.3 is 20.3 Å². The molecule has 0 bridgehead atoms. The molecule has 30 heavy (non-hydrogen) atoms. The van der Waals surface area contributed by atoms with Crippen molar-refractivity contribution in [1.82, 2.24) is 0 Å². The summed E-state index contributed by atoms with van der Waals surface area (Å²) in [5.41, 5.74) is 6.41. The second-order valence-corrected chi connectivity index (χ2v) is 7.14. The van der Waals surface area contributed by atoms with Gasteiger partial charge in [0.25, 0.3) is 0 Å². The second-order valence-electron chi connectivity index (χ2n) is 7.14. The van der Waals surface area contributed by atoms with Gasteiger partial charge in [0.1, 0.15) is 18.1 Å². The Morgan fingerprint density at radius 1 is 1.07 bits per heavy atom. The maximum absolute atomic E-state index is 12.4. The Balaban J connectivity index is 1.60. The van der Waals surface area contributed by atoms with E-state index in [1.807, 2.05) is 30.3 Å². The van der Waals surface area contributed by atoms with Crippen LogP contribution in [0.1, 0.15) is 28.8 Å². The molecule has 0 saturated heterocycles. The fourth-order valence-electron chi connectivity index (χ4n) is 3.26. The molecule has 3 N–H and O–H groups in total. The molecule has 0 radical (unpaired) electrons. The van der Waals surface area contributed by atoms with E-state index in [1.54, 1.807) is 42.5 Å². The fraction of sp³-hybridized carbons (Fsp3) is 0.250. The van der Waals surface area contributed by atoms with Crippen LogP contribution in [0.25, 0.3) is 0 Å².